The molecule has 0 fully saturated rings. The third kappa shape index (κ3) is 5.92. The predicted octanol–water partition coefficient (Wildman–Crippen LogP) is 5.15. The Hall–Kier alpha value is -4.16. The van der Waals surface area contributed by atoms with Crippen LogP contribution in [0.15, 0.2) is 64.4 Å². The summed E-state index contributed by atoms with van der Waals surface area (Å²) in [5.41, 5.74) is 5.31. The molecule has 0 bridgehead atoms. The van der Waals surface area contributed by atoms with Gasteiger partial charge in [0.15, 0.2) is 0 Å². The molecule has 0 saturated carbocycles. The maximum absolute atomic E-state index is 8.90. The number of anilines is 2. The van der Waals surface area contributed by atoms with Crippen molar-refractivity contribution in [1.82, 2.24) is 0 Å². The molecule has 2 aromatic carbocycles. The number of hydrogen-bond donors (Lipinski definition) is 2. The lowest BCUT2D eigenvalue weighted by Gasteiger charge is -2.15. The van der Waals surface area contributed by atoms with Crippen molar-refractivity contribution < 1.29 is 0 Å². The van der Waals surface area contributed by atoms with Gasteiger partial charge in [0.1, 0.15) is 5.82 Å². The summed E-state index contributed by atoms with van der Waals surface area (Å²) in [7, 11) is 0. The maximum Gasteiger partial charge on any atom is 0.228 e. The van der Waals surface area contributed by atoms with Gasteiger partial charge in [-0.05, 0) is 92.7 Å². The van der Waals surface area contributed by atoms with Gasteiger partial charge in [0.25, 0.3) is 0 Å². The first-order valence-corrected chi connectivity index (χ1v) is 8.94. The molecule has 0 aliphatic carbocycles. The summed E-state index contributed by atoms with van der Waals surface area (Å²) in [6, 6.07) is 15.1. The quantitative estimate of drug-likeness (QED) is 0.424. The Bertz CT molecular complexity index is 1040. The van der Waals surface area contributed by atoms with E-state index in [9.17, 15) is 0 Å². The molecule has 144 valence electrons. The van der Waals surface area contributed by atoms with Gasteiger partial charge >= 0.3 is 0 Å². The summed E-state index contributed by atoms with van der Waals surface area (Å²) in [5.74, 6) is 0.944. The summed E-state index contributed by atoms with van der Waals surface area (Å²) >= 11 is 0. The second-order valence-corrected chi connectivity index (χ2v) is 6.20. The van der Waals surface area contributed by atoms with Crippen LogP contribution in [0.25, 0.3) is 6.08 Å². The molecule has 0 aromatic heterocycles. The monoisotopic (exact) mass is 382 g/mol. The zero-order valence-electron chi connectivity index (χ0n) is 16.7. The van der Waals surface area contributed by atoms with Crippen LogP contribution in [0.3, 0.4) is 0 Å². The van der Waals surface area contributed by atoms with E-state index in [0.717, 1.165) is 28.1 Å². The molecular weight excluding hydrogens is 360 g/mol. The number of nitriles is 2. The van der Waals surface area contributed by atoms with Crippen LogP contribution in [0, 0.1) is 36.5 Å². The van der Waals surface area contributed by atoms with Crippen molar-refractivity contribution in [2.24, 2.45) is 9.98 Å². The van der Waals surface area contributed by atoms with Crippen molar-refractivity contribution in [1.29, 1.82) is 10.5 Å². The summed E-state index contributed by atoms with van der Waals surface area (Å²) in [4.78, 5) is 8.46. The van der Waals surface area contributed by atoms with E-state index in [1.807, 2.05) is 45.0 Å². The van der Waals surface area contributed by atoms with E-state index in [1.165, 1.54) is 6.08 Å². The van der Waals surface area contributed by atoms with Crippen LogP contribution in [-0.4, -0.2) is 12.7 Å². The zero-order valence-corrected chi connectivity index (χ0v) is 16.7. The molecule has 29 heavy (non-hydrogen) atoms. The third-order valence-corrected chi connectivity index (χ3v) is 4.08. The number of rotatable bonds is 5. The first kappa shape index (κ1) is 21.1. The van der Waals surface area contributed by atoms with Crippen molar-refractivity contribution in [3.63, 3.8) is 0 Å². The van der Waals surface area contributed by atoms with Gasteiger partial charge in [-0.1, -0.05) is 0 Å². The van der Waals surface area contributed by atoms with Gasteiger partial charge in [0.05, 0.1) is 17.7 Å². The number of aryl methyl sites for hydroxylation is 2. The average Bonchev–Trinajstić information content (AvgIpc) is 2.73. The molecule has 0 amide bonds. The van der Waals surface area contributed by atoms with Crippen LogP contribution in [0.2, 0.25) is 0 Å². The van der Waals surface area contributed by atoms with Crippen LogP contribution in [0.4, 0.5) is 11.4 Å². The molecule has 0 radical (unpaired) electrons. The molecule has 0 saturated heterocycles. The fourth-order valence-corrected chi connectivity index (χ4v) is 2.69. The lowest BCUT2D eigenvalue weighted by atomic mass is 10.0. The Balaban J connectivity index is 2.24. The molecule has 6 nitrogen and oxygen atoms in total. The lowest BCUT2D eigenvalue weighted by molar-refractivity contribution is 1.23. The molecule has 0 aliphatic rings. The maximum atomic E-state index is 8.90. The fourth-order valence-electron chi connectivity index (χ4n) is 2.69. The van der Waals surface area contributed by atoms with E-state index in [1.54, 1.807) is 30.3 Å². The normalized spacial score (nSPS) is 11.6. The van der Waals surface area contributed by atoms with Crippen LogP contribution in [0.1, 0.15) is 29.2 Å². The number of aliphatic imine (C=N–C) groups is 2. The Morgan fingerprint density at radius 1 is 1.07 bits per heavy atom. The second kappa shape index (κ2) is 10.2. The Labute approximate surface area is 171 Å². The Morgan fingerprint density at radius 3 is 2.24 bits per heavy atom. The minimum Gasteiger partial charge on any atom is -0.340 e. The SMILES string of the molecule is C=NC(=N/C(=C\C)Nc1c(C)cc(/C=C/C#N)cc1C)Nc1ccc(C#N)cc1. The average molecular weight is 382 g/mol. The van der Waals surface area contributed by atoms with Gasteiger partial charge in [0, 0.05) is 17.5 Å². The minimum absolute atomic E-state index is 0.333. The first-order chi connectivity index (χ1) is 14.0. The molecule has 0 heterocycles. The highest BCUT2D eigenvalue weighted by Gasteiger charge is 2.07. The van der Waals surface area contributed by atoms with Crippen molar-refractivity contribution in [3.8, 4) is 12.1 Å². The second-order valence-electron chi connectivity index (χ2n) is 6.20. The highest BCUT2D eigenvalue weighted by molar-refractivity contribution is 5.97. The van der Waals surface area contributed by atoms with Crippen LogP contribution in [-0.2, 0) is 0 Å². The lowest BCUT2D eigenvalue weighted by Crippen LogP contribution is -2.11. The van der Waals surface area contributed by atoms with E-state index in [4.69, 9.17) is 10.5 Å². The topological polar surface area (TPSA) is 96.4 Å². The molecule has 0 unspecified atom stereocenters. The Kier molecular flexibility index (Phi) is 7.47. The molecule has 2 rings (SSSR count). The zero-order chi connectivity index (χ0) is 21.2. The predicted molar refractivity (Wildman–Crippen MR) is 120 cm³/mol. The summed E-state index contributed by atoms with van der Waals surface area (Å²) < 4.78 is 0. The van der Waals surface area contributed by atoms with E-state index < -0.39 is 0 Å². The van der Waals surface area contributed by atoms with Crippen molar-refractivity contribution >= 4 is 30.1 Å². The molecule has 0 spiro atoms. The van der Waals surface area contributed by atoms with E-state index >= 15 is 0 Å². The molecule has 0 atom stereocenters. The summed E-state index contributed by atoms with van der Waals surface area (Å²) in [6.07, 6.45) is 5.08. The standard InChI is InChI=1S/C23H22N6/c1-5-21(28-22-16(2)13-19(7-6-12-24)14-17(22)3)29-23(26-4)27-20-10-8-18(15-25)9-11-20/h5-11,13-14,28H,4H2,1-3H3,(H,27,29)/b7-6+,21-5-. The summed E-state index contributed by atoms with van der Waals surface area (Å²) in [6.45, 7) is 9.45. The van der Waals surface area contributed by atoms with Crippen molar-refractivity contribution in [3.05, 3.63) is 76.6 Å². The fraction of sp³-hybridized carbons (Fsp3) is 0.130. The third-order valence-electron chi connectivity index (χ3n) is 4.08. The highest BCUT2D eigenvalue weighted by Crippen LogP contribution is 2.25. The number of nitrogens with one attached hydrogen (secondary N) is 2. The van der Waals surface area contributed by atoms with E-state index in [-0.39, 0.29) is 0 Å². The van der Waals surface area contributed by atoms with Gasteiger partial charge in [-0.2, -0.15) is 15.5 Å². The number of hydrogen-bond acceptors (Lipinski definition) is 4. The van der Waals surface area contributed by atoms with Gasteiger partial charge < -0.3 is 10.6 Å². The van der Waals surface area contributed by atoms with Gasteiger partial charge in [-0.3, -0.25) is 0 Å². The smallest absolute Gasteiger partial charge is 0.228 e. The number of guanidine groups is 1. The van der Waals surface area contributed by atoms with Gasteiger partial charge in [0.2, 0.25) is 5.96 Å². The van der Waals surface area contributed by atoms with Crippen LogP contribution >= 0.6 is 0 Å². The van der Waals surface area contributed by atoms with Crippen LogP contribution in [0.5, 0.6) is 0 Å². The molecule has 0 aliphatic heterocycles. The number of benzene rings is 2. The number of nitrogens with zero attached hydrogens (tertiary/aromatic N) is 4. The van der Waals surface area contributed by atoms with Gasteiger partial charge in [-0.25, -0.2) is 4.99 Å². The van der Waals surface area contributed by atoms with Crippen molar-refractivity contribution in [2.45, 2.75) is 20.8 Å². The highest BCUT2D eigenvalue weighted by atomic mass is 15.2. The molecular formula is C23H22N6. The first-order valence-electron chi connectivity index (χ1n) is 8.94. The van der Waals surface area contributed by atoms with Gasteiger partial charge in [-0.15, -0.1) is 0 Å². The Morgan fingerprint density at radius 2 is 1.72 bits per heavy atom. The largest absolute Gasteiger partial charge is 0.340 e. The minimum atomic E-state index is 0.333. The molecule has 2 aromatic rings. The molecule has 2 N–H and O–H groups in total. The van der Waals surface area contributed by atoms with Crippen molar-refractivity contribution in [2.75, 3.05) is 10.6 Å². The van der Waals surface area contributed by atoms with E-state index in [2.05, 4.69) is 33.4 Å². The molecule has 6 heteroatoms. The van der Waals surface area contributed by atoms with Crippen LogP contribution < -0.4 is 10.6 Å². The van der Waals surface area contributed by atoms with E-state index in [0.29, 0.717) is 17.3 Å². The summed E-state index contributed by atoms with van der Waals surface area (Å²) in [5, 5.41) is 24.0. The number of allylic oxidation sites excluding steroid dienone is 2.